The molecule has 0 fully saturated rings. The Balaban J connectivity index is 0.00000361. The van der Waals surface area contributed by atoms with Crippen molar-refractivity contribution in [2.24, 2.45) is 10.7 Å². The van der Waals surface area contributed by atoms with Gasteiger partial charge in [-0.25, -0.2) is 13.1 Å². The Morgan fingerprint density at radius 2 is 2.05 bits per heavy atom. The molecule has 7 nitrogen and oxygen atoms in total. The van der Waals surface area contributed by atoms with Gasteiger partial charge in [0.2, 0.25) is 10.0 Å². The summed E-state index contributed by atoms with van der Waals surface area (Å²) in [4.78, 5) is 4.00. The maximum Gasteiger partial charge on any atom is 0.208 e. The summed E-state index contributed by atoms with van der Waals surface area (Å²) in [5.41, 5.74) is 6.38. The summed E-state index contributed by atoms with van der Waals surface area (Å²) in [6.07, 6.45) is 1.09. The molecule has 9 heteroatoms. The smallest absolute Gasteiger partial charge is 0.208 e. The van der Waals surface area contributed by atoms with E-state index in [-0.39, 0.29) is 43.0 Å². The first kappa shape index (κ1) is 18.9. The minimum atomic E-state index is -3.19. The van der Waals surface area contributed by atoms with Gasteiger partial charge >= 0.3 is 0 Å². The average molecular weight is 414 g/mol. The third-order valence-electron chi connectivity index (χ3n) is 2.13. The maximum atomic E-state index is 10.8. The number of halogens is 1. The van der Waals surface area contributed by atoms with Crippen LogP contribution in [0.5, 0.6) is 5.75 Å². The van der Waals surface area contributed by atoms with E-state index in [4.69, 9.17) is 10.5 Å². The van der Waals surface area contributed by atoms with E-state index in [1.165, 1.54) is 0 Å². The van der Waals surface area contributed by atoms with Crippen molar-refractivity contribution >= 4 is 45.6 Å². The van der Waals surface area contributed by atoms with E-state index >= 15 is 0 Å². The Morgan fingerprint density at radius 1 is 1.40 bits per heavy atom. The lowest BCUT2D eigenvalue weighted by Gasteiger charge is -2.10. The van der Waals surface area contributed by atoms with Crippen LogP contribution in [0.2, 0.25) is 0 Å². The van der Waals surface area contributed by atoms with Crippen molar-refractivity contribution < 1.29 is 13.2 Å². The van der Waals surface area contributed by atoms with Crippen molar-refractivity contribution in [1.29, 1.82) is 0 Å². The predicted octanol–water partition coefficient (Wildman–Crippen LogP) is 0.589. The lowest BCUT2D eigenvalue weighted by atomic mass is 10.3. The second-order valence-corrected chi connectivity index (χ2v) is 5.59. The van der Waals surface area contributed by atoms with Crippen LogP contribution >= 0.6 is 24.0 Å². The van der Waals surface area contributed by atoms with Gasteiger partial charge in [-0.2, -0.15) is 0 Å². The average Bonchev–Trinajstić information content (AvgIpc) is 2.34. The standard InChI is InChI=1S/C11H18N4O3S.HI/c1-18-10-6-4-3-5-9(10)15-11(12)13-7-8-14-19(2,16)17;/h3-6,14H,7-8H2,1-2H3,(H3,12,13,15);1H. The van der Waals surface area contributed by atoms with Crippen molar-refractivity contribution in [1.82, 2.24) is 4.72 Å². The number of hydrogen-bond donors (Lipinski definition) is 3. The molecule has 20 heavy (non-hydrogen) atoms. The number of nitrogens with two attached hydrogens (primary N) is 1. The summed E-state index contributed by atoms with van der Waals surface area (Å²) in [6, 6.07) is 7.27. The molecule has 0 saturated heterocycles. The van der Waals surface area contributed by atoms with Gasteiger partial charge in [0, 0.05) is 6.54 Å². The van der Waals surface area contributed by atoms with Crippen LogP contribution in [0.3, 0.4) is 0 Å². The molecule has 114 valence electrons. The lowest BCUT2D eigenvalue weighted by molar-refractivity contribution is 0.417. The Kier molecular flexibility index (Phi) is 8.49. The van der Waals surface area contributed by atoms with Crippen LogP contribution in [0.1, 0.15) is 0 Å². The van der Waals surface area contributed by atoms with Crippen LogP contribution in [0.15, 0.2) is 29.3 Å². The number of nitrogens with one attached hydrogen (secondary N) is 2. The van der Waals surface area contributed by atoms with Gasteiger partial charge in [0.25, 0.3) is 0 Å². The zero-order valence-corrected chi connectivity index (χ0v) is 14.4. The van der Waals surface area contributed by atoms with Crippen LogP contribution in [0.25, 0.3) is 0 Å². The predicted molar refractivity (Wildman–Crippen MR) is 91.4 cm³/mol. The van der Waals surface area contributed by atoms with Crippen LogP contribution in [0.4, 0.5) is 5.69 Å². The number of sulfonamides is 1. The number of aliphatic imine (C=N–C) groups is 1. The highest BCUT2D eigenvalue weighted by Crippen LogP contribution is 2.22. The van der Waals surface area contributed by atoms with Crippen molar-refractivity contribution in [2.45, 2.75) is 0 Å². The third kappa shape index (κ3) is 7.50. The van der Waals surface area contributed by atoms with E-state index in [9.17, 15) is 8.42 Å². The largest absolute Gasteiger partial charge is 0.495 e. The number of ether oxygens (including phenoxy) is 1. The summed E-state index contributed by atoms with van der Waals surface area (Å²) in [7, 11) is -1.63. The molecule has 0 amide bonds. The fourth-order valence-electron chi connectivity index (χ4n) is 1.33. The Morgan fingerprint density at radius 3 is 2.65 bits per heavy atom. The highest BCUT2D eigenvalue weighted by atomic mass is 127. The number of methoxy groups -OCH3 is 1. The van der Waals surface area contributed by atoms with Gasteiger partial charge in [0.05, 0.1) is 25.6 Å². The molecule has 0 atom stereocenters. The zero-order chi connectivity index (χ0) is 14.3. The van der Waals surface area contributed by atoms with Crippen LogP contribution in [-0.2, 0) is 10.0 Å². The van der Waals surface area contributed by atoms with Crippen LogP contribution < -0.4 is 20.5 Å². The van der Waals surface area contributed by atoms with Crippen LogP contribution in [0, 0.1) is 0 Å². The second kappa shape index (κ2) is 8.97. The van der Waals surface area contributed by atoms with Crippen molar-refractivity contribution in [3.05, 3.63) is 24.3 Å². The first-order chi connectivity index (χ1) is 8.92. The molecule has 0 aliphatic carbocycles. The maximum absolute atomic E-state index is 10.8. The number of guanidine groups is 1. The molecule has 4 N–H and O–H groups in total. The number of para-hydroxylation sites is 2. The summed E-state index contributed by atoms with van der Waals surface area (Å²) >= 11 is 0. The molecule has 0 spiro atoms. The Hall–Kier alpha value is -1.07. The van der Waals surface area contributed by atoms with Gasteiger partial charge in [-0.3, -0.25) is 4.99 Å². The number of rotatable bonds is 6. The van der Waals surface area contributed by atoms with E-state index in [0.29, 0.717) is 11.4 Å². The van der Waals surface area contributed by atoms with Crippen molar-refractivity contribution in [2.75, 3.05) is 31.8 Å². The molecule has 0 aromatic heterocycles. The van der Waals surface area contributed by atoms with E-state index < -0.39 is 10.0 Å². The molecule has 0 bridgehead atoms. The minimum Gasteiger partial charge on any atom is -0.495 e. The van der Waals surface area contributed by atoms with Gasteiger partial charge < -0.3 is 15.8 Å². The van der Waals surface area contributed by atoms with Gasteiger partial charge in [0.1, 0.15) is 5.75 Å². The number of nitrogens with zero attached hydrogens (tertiary/aromatic N) is 1. The normalized spacial score (nSPS) is 11.6. The van der Waals surface area contributed by atoms with Crippen molar-refractivity contribution in [3.63, 3.8) is 0 Å². The third-order valence-corrected chi connectivity index (χ3v) is 2.86. The first-order valence-corrected chi connectivity index (χ1v) is 7.46. The monoisotopic (exact) mass is 414 g/mol. The summed E-state index contributed by atoms with van der Waals surface area (Å²) in [5, 5.41) is 2.88. The highest BCUT2D eigenvalue weighted by Gasteiger charge is 2.02. The van der Waals surface area contributed by atoms with Gasteiger partial charge in [0.15, 0.2) is 5.96 Å². The molecule has 1 aromatic carbocycles. The van der Waals surface area contributed by atoms with Gasteiger partial charge in [-0.15, -0.1) is 24.0 Å². The summed E-state index contributed by atoms with van der Waals surface area (Å²) in [5.74, 6) is 0.842. The topological polar surface area (TPSA) is 106 Å². The van der Waals surface area contributed by atoms with E-state index in [2.05, 4.69) is 15.0 Å². The summed E-state index contributed by atoms with van der Waals surface area (Å²) < 4.78 is 29.1. The van der Waals surface area contributed by atoms with E-state index in [1.54, 1.807) is 19.2 Å². The fourth-order valence-corrected chi connectivity index (χ4v) is 1.79. The lowest BCUT2D eigenvalue weighted by Crippen LogP contribution is -2.27. The Labute approximate surface area is 136 Å². The molecule has 0 aliphatic heterocycles. The van der Waals surface area contributed by atoms with E-state index in [0.717, 1.165) is 6.26 Å². The number of benzene rings is 1. The number of anilines is 1. The van der Waals surface area contributed by atoms with Crippen LogP contribution in [-0.4, -0.2) is 40.8 Å². The highest BCUT2D eigenvalue weighted by molar-refractivity contribution is 14.0. The molecule has 0 aliphatic rings. The SMILES string of the molecule is COc1ccccc1NC(N)=NCCNS(C)(=O)=O.I. The number of hydrogen-bond acceptors (Lipinski definition) is 4. The molecular weight excluding hydrogens is 395 g/mol. The van der Waals surface area contributed by atoms with Gasteiger partial charge in [-0.05, 0) is 12.1 Å². The molecular formula is C11H19IN4O3S. The fraction of sp³-hybridized carbons (Fsp3) is 0.364. The van der Waals surface area contributed by atoms with E-state index in [1.807, 2.05) is 12.1 Å². The molecule has 0 saturated carbocycles. The van der Waals surface area contributed by atoms with Gasteiger partial charge in [-0.1, -0.05) is 12.1 Å². The molecule has 1 aromatic rings. The quantitative estimate of drug-likeness (QED) is 0.274. The second-order valence-electron chi connectivity index (χ2n) is 3.76. The minimum absolute atomic E-state index is 0. The Bertz CT molecular complexity index is 548. The first-order valence-electron chi connectivity index (χ1n) is 5.57. The molecule has 0 heterocycles. The molecule has 1 rings (SSSR count). The summed E-state index contributed by atoms with van der Waals surface area (Å²) in [6.45, 7) is 0.453. The van der Waals surface area contributed by atoms with Crippen molar-refractivity contribution in [3.8, 4) is 5.75 Å². The molecule has 0 radical (unpaired) electrons. The molecule has 0 unspecified atom stereocenters. The zero-order valence-electron chi connectivity index (χ0n) is 11.3.